The van der Waals surface area contributed by atoms with Crippen LogP contribution in [0.25, 0.3) is 57.8 Å². The van der Waals surface area contributed by atoms with Gasteiger partial charge in [0.2, 0.25) is 0 Å². The van der Waals surface area contributed by atoms with E-state index in [4.69, 9.17) is 16.6 Å². The van der Waals surface area contributed by atoms with Gasteiger partial charge in [-0.15, -0.1) is 5.70 Å². The first-order chi connectivity index (χ1) is 35.9. The Bertz CT molecular complexity index is 2780. The van der Waals surface area contributed by atoms with Crippen LogP contribution in [0.3, 0.4) is 0 Å². The Morgan fingerprint density at radius 2 is 1.07 bits per heavy atom. The van der Waals surface area contributed by atoms with Gasteiger partial charge in [0.25, 0.3) is 19.4 Å². The number of benzene rings is 2. The van der Waals surface area contributed by atoms with Crippen LogP contribution in [0.5, 0.6) is 0 Å². The average Bonchev–Trinajstić information content (AvgIpc) is 3.40. The number of rotatable bonds is 24. The van der Waals surface area contributed by atoms with Crippen LogP contribution in [0.1, 0.15) is 85.9 Å². The number of ether oxygens (including phenoxy) is 3. The molecule has 0 amide bonds. The zero-order valence-electron chi connectivity index (χ0n) is 40.9. The van der Waals surface area contributed by atoms with Crippen molar-refractivity contribution in [3.8, 4) is 22.8 Å². The van der Waals surface area contributed by atoms with E-state index in [2.05, 4.69) is 109 Å². The number of allylic oxidation sites excluding steroid dienone is 1. The zero-order chi connectivity index (χ0) is 53.6. The predicted molar refractivity (Wildman–Crippen MR) is 287 cm³/mol. The van der Waals surface area contributed by atoms with E-state index in [0.717, 1.165) is 53.9 Å². The fourth-order valence-electron chi connectivity index (χ4n) is 6.95. The molecule has 14 nitrogen and oxygen atoms in total. The summed E-state index contributed by atoms with van der Waals surface area (Å²) in [6, 6.07) is 30.7. The molecule has 2 aromatic carbocycles. The van der Waals surface area contributed by atoms with Gasteiger partial charge in [-0.1, -0.05) is 76.0 Å². The summed E-state index contributed by atoms with van der Waals surface area (Å²) >= 11 is 3.70. The Kier molecular flexibility index (Phi) is 27.4. The SMILES string of the molecule is CCCCCc1ccc(N(c2ccc(CCCCC)cc2)c2ccc(/C([NH-])=C/C(=N)C(F)(F)F)nc2)cc1.O=CO/C=C/c1ccnc(-c2cc(/C=C/OC=O)cc(-c3cc(/C=C/OC=O)ccn3)n2)c1.[N-]=C=S.[Ru+2]. The Balaban J connectivity index is 0.000000374. The molecular weight excluding hydrogens is 1070 g/mol. The van der Waals surface area contributed by atoms with Crippen LogP contribution in [-0.2, 0) is 60.9 Å². The summed E-state index contributed by atoms with van der Waals surface area (Å²) in [5, 5.41) is 15.6. The summed E-state index contributed by atoms with van der Waals surface area (Å²) in [6.45, 7) is 5.34. The molecule has 0 fully saturated rings. The number of carbonyl (C=O) groups is 3. The number of hydrogen-bond acceptors (Lipinski definition) is 13. The van der Waals surface area contributed by atoms with Crippen LogP contribution in [0.15, 0.2) is 141 Å². The van der Waals surface area contributed by atoms with E-state index in [1.165, 1.54) is 66.8 Å². The first kappa shape index (κ1) is 61.2. The standard InChI is InChI=1S/C31H36F3N4.C24H17N3O6.CNS.Ru/c1-3-5-7-9-23-11-15-25(16-12-23)38(26-17-13-24(14-18-26)10-8-6-4-2)27-19-20-29(37-22-27)28(35)21-30(36)31(32,33)34;28-15-31-8-3-18-1-6-25-21(11-18)23-13-20(5-10-33-17-30)14-24(27-23)22-12-19(2-7-26-22)4-9-32-16-29;2-1-3;/h11-22,35-36H,3-10H2,1-2H3;1-17H;;/q-1;;-1;+2/b28-21-,36-30?;8-3+,9-4+,10-5+;;. The van der Waals surface area contributed by atoms with Crippen molar-refractivity contribution >= 4 is 83.5 Å². The van der Waals surface area contributed by atoms with Gasteiger partial charge >= 0.3 is 25.7 Å². The van der Waals surface area contributed by atoms with Crippen LogP contribution in [-0.4, -0.2) is 56.4 Å². The summed E-state index contributed by atoms with van der Waals surface area (Å²) in [4.78, 5) is 50.9. The second kappa shape index (κ2) is 33.6. The number of aryl methyl sites for hydroxylation is 2. The van der Waals surface area contributed by atoms with Gasteiger partial charge in [0.05, 0.1) is 53.4 Å². The van der Waals surface area contributed by atoms with Crippen molar-refractivity contribution in [3.63, 3.8) is 0 Å². The molecule has 0 saturated heterocycles. The molecule has 0 bridgehead atoms. The van der Waals surface area contributed by atoms with Gasteiger partial charge < -0.3 is 30.3 Å². The molecule has 4 aromatic heterocycles. The summed E-state index contributed by atoms with van der Waals surface area (Å²) < 4.78 is 52.0. The summed E-state index contributed by atoms with van der Waals surface area (Å²) in [5.74, 6) is 0. The molecule has 388 valence electrons. The largest absolute Gasteiger partial charge is 2.00 e. The number of hydrogen-bond donors (Lipinski definition) is 1. The number of pyridine rings is 4. The number of isothiocyanates is 1. The maximum absolute atomic E-state index is 12.7. The first-order valence-corrected chi connectivity index (χ1v) is 23.5. The van der Waals surface area contributed by atoms with Crippen LogP contribution in [0.2, 0.25) is 0 Å². The molecule has 0 aliphatic carbocycles. The number of aromatic nitrogens is 4. The van der Waals surface area contributed by atoms with Gasteiger partial charge in [-0.2, -0.15) is 18.3 Å². The summed E-state index contributed by atoms with van der Waals surface area (Å²) in [6.07, 6.45) is 18.2. The van der Waals surface area contributed by atoms with Crippen LogP contribution in [0.4, 0.5) is 30.2 Å². The minimum Gasteiger partial charge on any atom is -0.753 e. The van der Waals surface area contributed by atoms with Gasteiger partial charge in [0, 0.05) is 29.5 Å². The maximum Gasteiger partial charge on any atom is 2.00 e. The fraction of sp³-hybridized carbons (Fsp3) is 0.196. The van der Waals surface area contributed by atoms with Gasteiger partial charge in [-0.3, -0.25) is 34.7 Å². The van der Waals surface area contributed by atoms with E-state index in [1.54, 1.807) is 79.3 Å². The number of anilines is 3. The van der Waals surface area contributed by atoms with Crippen molar-refractivity contribution in [1.82, 2.24) is 19.9 Å². The molecular formula is C56H53F3N8O6RuS. The summed E-state index contributed by atoms with van der Waals surface area (Å²) in [7, 11) is 0. The average molecular weight is 1120 g/mol. The Hall–Kier alpha value is -8.11. The van der Waals surface area contributed by atoms with Gasteiger partial charge in [0.1, 0.15) is 5.71 Å². The van der Waals surface area contributed by atoms with E-state index >= 15 is 0 Å². The smallest absolute Gasteiger partial charge is 0.753 e. The van der Waals surface area contributed by atoms with E-state index < -0.39 is 17.6 Å². The fourth-order valence-corrected chi connectivity index (χ4v) is 6.95. The normalized spacial score (nSPS) is 11.0. The van der Waals surface area contributed by atoms with Gasteiger partial charge in [0.15, 0.2) is 0 Å². The third kappa shape index (κ3) is 21.1. The van der Waals surface area contributed by atoms with Crippen molar-refractivity contribution in [3.05, 3.63) is 185 Å². The minimum atomic E-state index is -4.80. The number of nitrogens with one attached hydrogen (secondary N) is 2. The predicted octanol–water partition coefficient (Wildman–Crippen LogP) is 14.3. The number of alkyl halides is 3. The first-order valence-electron chi connectivity index (χ1n) is 23.1. The van der Waals surface area contributed by atoms with E-state index in [1.807, 2.05) is 4.90 Å². The number of nitrogens with zero attached hydrogens (tertiary/aromatic N) is 6. The second-order valence-electron chi connectivity index (χ2n) is 15.8. The number of thiocarbonyl (C=S) groups is 1. The van der Waals surface area contributed by atoms with E-state index in [9.17, 15) is 27.6 Å². The quantitative estimate of drug-likeness (QED) is 0.0114. The van der Waals surface area contributed by atoms with Crippen LogP contribution < -0.4 is 4.90 Å². The van der Waals surface area contributed by atoms with Crippen molar-refractivity contribution in [2.45, 2.75) is 71.4 Å². The van der Waals surface area contributed by atoms with E-state index in [0.29, 0.717) is 53.8 Å². The van der Waals surface area contributed by atoms with E-state index in [-0.39, 0.29) is 25.2 Å². The molecule has 0 spiro atoms. The molecule has 0 aliphatic rings. The molecule has 0 saturated carbocycles. The molecule has 0 aliphatic heterocycles. The second-order valence-corrected chi connectivity index (χ2v) is 16.0. The van der Waals surface area contributed by atoms with Crippen molar-refractivity contribution in [2.75, 3.05) is 4.90 Å². The molecule has 19 heteroatoms. The topological polar surface area (TPSA) is 204 Å². The molecule has 0 atom stereocenters. The Morgan fingerprint density at radius 3 is 1.45 bits per heavy atom. The van der Waals surface area contributed by atoms with Gasteiger partial charge in [-0.25, -0.2) is 4.98 Å². The Labute approximate surface area is 452 Å². The number of unbranched alkanes of at least 4 members (excludes halogenated alkanes) is 4. The summed E-state index contributed by atoms with van der Waals surface area (Å²) in [5.41, 5.74) is 15.5. The monoisotopic (exact) mass is 1120 g/mol. The van der Waals surface area contributed by atoms with Crippen molar-refractivity contribution in [2.24, 2.45) is 0 Å². The molecule has 75 heavy (non-hydrogen) atoms. The number of carbonyl (C=O) groups excluding carboxylic acids is 3. The molecule has 0 unspecified atom stereocenters. The van der Waals surface area contributed by atoms with Crippen LogP contribution >= 0.6 is 12.2 Å². The Morgan fingerprint density at radius 1 is 0.653 bits per heavy atom. The maximum atomic E-state index is 12.7. The van der Waals surface area contributed by atoms with Gasteiger partial charge in [-0.05, 0) is 151 Å². The third-order valence-electron chi connectivity index (χ3n) is 10.5. The van der Waals surface area contributed by atoms with Crippen LogP contribution in [0, 0.1) is 5.41 Å². The third-order valence-corrected chi connectivity index (χ3v) is 10.5. The molecule has 6 aromatic rings. The molecule has 0 radical (unpaired) electrons. The molecule has 4 heterocycles. The zero-order valence-corrected chi connectivity index (χ0v) is 43.5. The number of halogens is 3. The molecule has 2 N–H and O–H groups in total. The minimum absolute atomic E-state index is 0. The van der Waals surface area contributed by atoms with Crippen molar-refractivity contribution < 1.29 is 61.2 Å². The van der Waals surface area contributed by atoms with Crippen molar-refractivity contribution in [1.29, 1.82) is 5.41 Å². The molecule has 6 rings (SSSR count).